The topological polar surface area (TPSA) is 71.3 Å². The summed E-state index contributed by atoms with van der Waals surface area (Å²) in [5.41, 5.74) is 2.12. The van der Waals surface area contributed by atoms with E-state index in [-0.39, 0.29) is 11.8 Å². The Bertz CT molecular complexity index is 705. The van der Waals surface area contributed by atoms with E-state index in [1.807, 2.05) is 31.2 Å². The second kappa shape index (κ2) is 8.25. The average molecular weight is 342 g/mol. The minimum absolute atomic E-state index is 0.133. The van der Waals surface area contributed by atoms with Crippen LogP contribution in [0.25, 0.3) is 11.5 Å². The van der Waals surface area contributed by atoms with Gasteiger partial charge in [0.05, 0.1) is 6.54 Å². The molecule has 1 fully saturated rings. The summed E-state index contributed by atoms with van der Waals surface area (Å²) in [6.07, 6.45) is 2.74. The van der Waals surface area contributed by atoms with Crippen LogP contribution in [0.4, 0.5) is 0 Å². The average Bonchev–Trinajstić information content (AvgIpc) is 3.09. The fourth-order valence-electron chi connectivity index (χ4n) is 3.15. The van der Waals surface area contributed by atoms with Crippen molar-refractivity contribution in [3.63, 3.8) is 0 Å². The Kier molecular flexibility index (Phi) is 5.81. The molecule has 1 aromatic carbocycles. The number of piperidine rings is 1. The van der Waals surface area contributed by atoms with Crippen molar-refractivity contribution in [1.29, 1.82) is 0 Å². The van der Waals surface area contributed by atoms with Gasteiger partial charge in [-0.3, -0.25) is 9.69 Å². The van der Waals surface area contributed by atoms with Gasteiger partial charge in [-0.25, -0.2) is 0 Å². The Morgan fingerprint density at radius 2 is 2.12 bits per heavy atom. The number of carbonyl (C=O) groups excluding carboxylic acids is 1. The first-order valence-corrected chi connectivity index (χ1v) is 9.05. The molecule has 3 rings (SSSR count). The van der Waals surface area contributed by atoms with Crippen LogP contribution in [-0.2, 0) is 11.3 Å². The maximum atomic E-state index is 12.0. The summed E-state index contributed by atoms with van der Waals surface area (Å²) < 4.78 is 5.81. The normalized spacial score (nSPS) is 16.1. The standard InChI is InChI=1S/C19H26N4O2/c1-3-9-20-18(24)15-7-10-23(11-8-15)13-17-21-22-19(25-17)16-6-4-5-14(2)12-16/h4-6,12,15H,3,7-11,13H2,1-2H3,(H,20,24). The maximum Gasteiger partial charge on any atom is 0.247 e. The molecule has 1 amide bonds. The van der Waals surface area contributed by atoms with E-state index in [9.17, 15) is 4.79 Å². The summed E-state index contributed by atoms with van der Waals surface area (Å²) in [7, 11) is 0. The van der Waals surface area contributed by atoms with Gasteiger partial charge in [-0.1, -0.05) is 24.6 Å². The number of hydrogen-bond donors (Lipinski definition) is 1. The van der Waals surface area contributed by atoms with Gasteiger partial charge in [-0.05, 0) is 51.4 Å². The van der Waals surface area contributed by atoms with Crippen molar-refractivity contribution in [1.82, 2.24) is 20.4 Å². The van der Waals surface area contributed by atoms with Crippen LogP contribution in [0.1, 0.15) is 37.6 Å². The highest BCUT2D eigenvalue weighted by molar-refractivity contribution is 5.78. The van der Waals surface area contributed by atoms with Gasteiger partial charge in [0.25, 0.3) is 0 Å². The zero-order valence-electron chi connectivity index (χ0n) is 15.0. The predicted octanol–water partition coefficient (Wildman–Crippen LogP) is 2.78. The number of aryl methyl sites for hydroxylation is 1. The van der Waals surface area contributed by atoms with Gasteiger partial charge in [0.1, 0.15) is 0 Å². The monoisotopic (exact) mass is 342 g/mol. The number of benzene rings is 1. The van der Waals surface area contributed by atoms with Gasteiger partial charge >= 0.3 is 0 Å². The molecule has 0 radical (unpaired) electrons. The number of nitrogens with one attached hydrogen (secondary N) is 1. The van der Waals surface area contributed by atoms with Crippen LogP contribution >= 0.6 is 0 Å². The summed E-state index contributed by atoms with van der Waals surface area (Å²) in [5, 5.41) is 11.3. The zero-order chi connectivity index (χ0) is 17.6. The van der Waals surface area contributed by atoms with Gasteiger partial charge < -0.3 is 9.73 Å². The Morgan fingerprint density at radius 1 is 1.32 bits per heavy atom. The largest absolute Gasteiger partial charge is 0.419 e. The lowest BCUT2D eigenvalue weighted by Crippen LogP contribution is -2.40. The van der Waals surface area contributed by atoms with E-state index >= 15 is 0 Å². The second-order valence-electron chi connectivity index (χ2n) is 6.71. The lowest BCUT2D eigenvalue weighted by molar-refractivity contribution is -0.126. The molecule has 1 N–H and O–H groups in total. The maximum absolute atomic E-state index is 12.0. The van der Waals surface area contributed by atoms with Gasteiger partial charge in [0.15, 0.2) is 0 Å². The quantitative estimate of drug-likeness (QED) is 0.874. The molecule has 0 saturated carbocycles. The molecular weight excluding hydrogens is 316 g/mol. The highest BCUT2D eigenvalue weighted by Gasteiger charge is 2.25. The molecule has 6 nitrogen and oxygen atoms in total. The molecule has 2 heterocycles. The first-order valence-electron chi connectivity index (χ1n) is 9.05. The van der Waals surface area contributed by atoms with Gasteiger partial charge in [-0.2, -0.15) is 0 Å². The Labute approximate surface area is 148 Å². The highest BCUT2D eigenvalue weighted by Crippen LogP contribution is 2.22. The minimum Gasteiger partial charge on any atom is -0.419 e. The lowest BCUT2D eigenvalue weighted by Gasteiger charge is -2.30. The Morgan fingerprint density at radius 3 is 2.84 bits per heavy atom. The van der Waals surface area contributed by atoms with E-state index in [4.69, 9.17) is 4.42 Å². The molecule has 0 bridgehead atoms. The van der Waals surface area contributed by atoms with Crippen LogP contribution in [-0.4, -0.2) is 40.6 Å². The van der Waals surface area contributed by atoms with E-state index in [2.05, 4.69) is 27.3 Å². The van der Waals surface area contributed by atoms with E-state index in [1.54, 1.807) is 0 Å². The number of hydrogen-bond acceptors (Lipinski definition) is 5. The fourth-order valence-corrected chi connectivity index (χ4v) is 3.15. The van der Waals surface area contributed by atoms with Gasteiger partial charge in [0, 0.05) is 18.0 Å². The lowest BCUT2D eigenvalue weighted by atomic mass is 9.96. The molecule has 0 unspecified atom stereocenters. The van der Waals surface area contributed by atoms with Crippen LogP contribution in [0.15, 0.2) is 28.7 Å². The Balaban J connectivity index is 1.52. The van der Waals surface area contributed by atoms with Crippen molar-refractivity contribution in [2.24, 2.45) is 5.92 Å². The number of rotatable bonds is 6. The minimum atomic E-state index is 0.133. The third-order valence-corrected chi connectivity index (χ3v) is 4.60. The first kappa shape index (κ1) is 17.6. The first-order chi connectivity index (χ1) is 12.2. The molecule has 6 heteroatoms. The molecule has 0 spiro atoms. The molecule has 134 valence electrons. The molecule has 25 heavy (non-hydrogen) atoms. The summed E-state index contributed by atoms with van der Waals surface area (Å²) >= 11 is 0. The summed E-state index contributed by atoms with van der Waals surface area (Å²) in [5.74, 6) is 1.52. The molecular formula is C19H26N4O2. The number of likely N-dealkylation sites (tertiary alicyclic amines) is 1. The van der Waals surface area contributed by atoms with Crippen molar-refractivity contribution >= 4 is 5.91 Å². The van der Waals surface area contributed by atoms with Crippen LogP contribution < -0.4 is 5.32 Å². The number of aromatic nitrogens is 2. The summed E-state index contributed by atoms with van der Waals surface area (Å²) in [6.45, 7) is 7.28. The molecule has 0 atom stereocenters. The number of carbonyl (C=O) groups is 1. The van der Waals surface area contributed by atoms with E-state index < -0.39 is 0 Å². The molecule has 1 aliphatic heterocycles. The van der Waals surface area contributed by atoms with Crippen molar-refractivity contribution in [3.8, 4) is 11.5 Å². The zero-order valence-corrected chi connectivity index (χ0v) is 15.0. The molecule has 1 saturated heterocycles. The second-order valence-corrected chi connectivity index (χ2v) is 6.71. The van der Waals surface area contributed by atoms with Crippen molar-refractivity contribution in [2.75, 3.05) is 19.6 Å². The van der Waals surface area contributed by atoms with Crippen LogP contribution in [0.5, 0.6) is 0 Å². The number of nitrogens with zero attached hydrogens (tertiary/aromatic N) is 3. The van der Waals surface area contributed by atoms with E-state index in [1.165, 1.54) is 5.56 Å². The third kappa shape index (κ3) is 4.66. The van der Waals surface area contributed by atoms with Crippen molar-refractivity contribution in [2.45, 2.75) is 39.7 Å². The molecule has 1 aliphatic rings. The van der Waals surface area contributed by atoms with Crippen LogP contribution in [0, 0.1) is 12.8 Å². The number of amides is 1. The smallest absolute Gasteiger partial charge is 0.247 e. The Hall–Kier alpha value is -2.21. The van der Waals surface area contributed by atoms with Crippen LogP contribution in [0.3, 0.4) is 0 Å². The molecule has 2 aromatic rings. The molecule has 1 aromatic heterocycles. The summed E-state index contributed by atoms with van der Waals surface area (Å²) in [6, 6.07) is 8.05. The summed E-state index contributed by atoms with van der Waals surface area (Å²) in [4.78, 5) is 14.3. The van der Waals surface area contributed by atoms with Gasteiger partial charge in [0.2, 0.25) is 17.7 Å². The van der Waals surface area contributed by atoms with Crippen LogP contribution in [0.2, 0.25) is 0 Å². The van der Waals surface area contributed by atoms with Crippen molar-refractivity contribution < 1.29 is 9.21 Å². The molecule has 0 aliphatic carbocycles. The SMILES string of the molecule is CCCNC(=O)C1CCN(Cc2nnc(-c3cccc(C)c3)o2)CC1. The van der Waals surface area contributed by atoms with E-state index in [0.717, 1.165) is 44.5 Å². The highest BCUT2D eigenvalue weighted by atomic mass is 16.4. The van der Waals surface area contributed by atoms with Crippen molar-refractivity contribution in [3.05, 3.63) is 35.7 Å². The van der Waals surface area contributed by atoms with Gasteiger partial charge in [-0.15, -0.1) is 10.2 Å². The van der Waals surface area contributed by atoms with E-state index in [0.29, 0.717) is 18.3 Å². The third-order valence-electron chi connectivity index (χ3n) is 4.60. The fraction of sp³-hybridized carbons (Fsp3) is 0.526. The predicted molar refractivity (Wildman–Crippen MR) is 95.8 cm³/mol.